The van der Waals surface area contributed by atoms with Gasteiger partial charge in [0.15, 0.2) is 0 Å². The van der Waals surface area contributed by atoms with Crippen molar-refractivity contribution in [1.29, 1.82) is 0 Å². The third-order valence-electron chi connectivity index (χ3n) is 3.81. The molecule has 0 aromatic heterocycles. The first-order valence-corrected chi connectivity index (χ1v) is 7.54. The lowest BCUT2D eigenvalue weighted by Gasteiger charge is -2.36. The smallest absolute Gasteiger partial charge is 0.496 e. The molecular formula is C15H19ClF6N2O2. The second kappa shape index (κ2) is 9.01. The molecule has 0 amide bonds. The highest BCUT2D eigenvalue weighted by Gasteiger charge is 2.37. The van der Waals surface area contributed by atoms with E-state index in [-0.39, 0.29) is 23.7 Å². The quantitative estimate of drug-likeness (QED) is 0.749. The molecule has 0 saturated carbocycles. The number of nitrogens with one attached hydrogen (secondary N) is 1. The number of ether oxygens (including phenoxy) is 2. The second-order valence-electron chi connectivity index (χ2n) is 5.57. The van der Waals surface area contributed by atoms with Crippen LogP contribution in [0.15, 0.2) is 18.2 Å². The second-order valence-corrected chi connectivity index (χ2v) is 5.57. The molecule has 26 heavy (non-hydrogen) atoms. The van der Waals surface area contributed by atoms with Gasteiger partial charge < -0.3 is 14.8 Å². The van der Waals surface area contributed by atoms with Gasteiger partial charge in [0.1, 0.15) is 11.5 Å². The molecule has 1 aromatic rings. The van der Waals surface area contributed by atoms with Crippen LogP contribution in [0.3, 0.4) is 0 Å². The minimum absolute atomic E-state index is 0. The number of rotatable bonds is 5. The standard InChI is InChI=1S/C15H18F6N2O2.ClH/c1-24-13-8-10(25-15(19,20)21)2-3-11(13)12(9-14(16,17)18)23-6-4-22-5-7-23;/h2-3,8,12,22H,4-7,9H2,1H3;1H/t12-;/m0./s1. The number of alkyl halides is 6. The molecule has 2 rings (SSSR count). The summed E-state index contributed by atoms with van der Waals surface area (Å²) in [6.45, 7) is 1.85. The SMILES string of the molecule is COc1cc(OC(F)(F)F)ccc1[C@H](CC(F)(F)F)N1CCNCC1.Cl. The summed E-state index contributed by atoms with van der Waals surface area (Å²) in [5, 5.41) is 3.05. The molecule has 150 valence electrons. The number of methoxy groups -OCH3 is 1. The zero-order valence-electron chi connectivity index (χ0n) is 13.8. The van der Waals surface area contributed by atoms with E-state index >= 15 is 0 Å². The van der Waals surface area contributed by atoms with Crippen molar-refractivity contribution in [2.45, 2.75) is 25.0 Å². The number of hydrogen-bond donors (Lipinski definition) is 1. The lowest BCUT2D eigenvalue weighted by atomic mass is 9.99. The molecule has 1 N–H and O–H groups in total. The molecule has 0 spiro atoms. The molecule has 1 atom stereocenters. The highest BCUT2D eigenvalue weighted by Crippen LogP contribution is 2.40. The number of piperazine rings is 1. The summed E-state index contributed by atoms with van der Waals surface area (Å²) in [5.41, 5.74) is 0.177. The van der Waals surface area contributed by atoms with Crippen LogP contribution >= 0.6 is 12.4 Å². The van der Waals surface area contributed by atoms with Crippen LogP contribution in [-0.2, 0) is 0 Å². The maximum atomic E-state index is 13.0. The van der Waals surface area contributed by atoms with E-state index in [1.807, 2.05) is 0 Å². The first-order valence-electron chi connectivity index (χ1n) is 7.54. The van der Waals surface area contributed by atoms with Crippen LogP contribution in [0.25, 0.3) is 0 Å². The van der Waals surface area contributed by atoms with Gasteiger partial charge >= 0.3 is 12.5 Å². The Morgan fingerprint density at radius 2 is 1.73 bits per heavy atom. The third-order valence-corrected chi connectivity index (χ3v) is 3.81. The van der Waals surface area contributed by atoms with Gasteiger partial charge in [-0.1, -0.05) is 6.07 Å². The Bertz CT molecular complexity index is 576. The maximum Gasteiger partial charge on any atom is 0.573 e. The van der Waals surface area contributed by atoms with Crippen molar-refractivity contribution in [2.24, 2.45) is 0 Å². The first-order chi connectivity index (χ1) is 11.6. The Morgan fingerprint density at radius 3 is 2.23 bits per heavy atom. The fourth-order valence-electron chi connectivity index (χ4n) is 2.81. The number of halogens is 7. The lowest BCUT2D eigenvalue weighted by molar-refractivity contribution is -0.274. The van der Waals surface area contributed by atoms with E-state index in [0.717, 1.165) is 12.1 Å². The molecule has 1 fully saturated rings. The molecule has 11 heteroatoms. The summed E-state index contributed by atoms with van der Waals surface area (Å²) < 4.78 is 84.9. The molecule has 1 saturated heterocycles. The van der Waals surface area contributed by atoms with Crippen molar-refractivity contribution >= 4 is 12.4 Å². The summed E-state index contributed by atoms with van der Waals surface area (Å²) in [6, 6.07) is 2.10. The monoisotopic (exact) mass is 408 g/mol. The lowest BCUT2D eigenvalue weighted by Crippen LogP contribution is -2.46. The predicted octanol–water partition coefficient (Wildman–Crippen LogP) is 3.91. The molecule has 1 aromatic carbocycles. The van der Waals surface area contributed by atoms with E-state index < -0.39 is 30.8 Å². The molecule has 1 aliphatic heterocycles. The molecule has 0 radical (unpaired) electrons. The zero-order valence-corrected chi connectivity index (χ0v) is 14.6. The predicted molar refractivity (Wildman–Crippen MR) is 84.8 cm³/mol. The van der Waals surface area contributed by atoms with Gasteiger partial charge in [0, 0.05) is 43.9 Å². The fraction of sp³-hybridized carbons (Fsp3) is 0.600. The van der Waals surface area contributed by atoms with Crippen molar-refractivity contribution in [3.8, 4) is 11.5 Å². The van der Waals surface area contributed by atoms with Crippen molar-refractivity contribution in [2.75, 3.05) is 33.3 Å². The average molecular weight is 409 g/mol. The van der Waals surface area contributed by atoms with E-state index in [0.29, 0.717) is 26.2 Å². The summed E-state index contributed by atoms with van der Waals surface area (Å²) in [4.78, 5) is 1.64. The van der Waals surface area contributed by atoms with Crippen LogP contribution in [0.4, 0.5) is 26.3 Å². The Hall–Kier alpha value is -1.39. The van der Waals surface area contributed by atoms with Crippen LogP contribution in [0.1, 0.15) is 18.0 Å². The molecule has 1 aliphatic rings. The highest BCUT2D eigenvalue weighted by atomic mass is 35.5. The van der Waals surface area contributed by atoms with Gasteiger partial charge in [0.2, 0.25) is 0 Å². The molecular weight excluding hydrogens is 390 g/mol. The summed E-state index contributed by atoms with van der Waals surface area (Å²) in [5.74, 6) is -0.617. The van der Waals surface area contributed by atoms with Crippen LogP contribution in [0.5, 0.6) is 11.5 Å². The Balaban J connectivity index is 0.00000338. The Morgan fingerprint density at radius 1 is 1.12 bits per heavy atom. The van der Waals surface area contributed by atoms with Gasteiger partial charge in [-0.2, -0.15) is 13.2 Å². The van der Waals surface area contributed by atoms with Crippen LogP contribution in [0, 0.1) is 0 Å². The van der Waals surface area contributed by atoms with Crippen LogP contribution in [0.2, 0.25) is 0 Å². The van der Waals surface area contributed by atoms with Crippen molar-refractivity contribution < 1.29 is 35.8 Å². The highest BCUT2D eigenvalue weighted by molar-refractivity contribution is 5.85. The fourth-order valence-corrected chi connectivity index (χ4v) is 2.81. The van der Waals surface area contributed by atoms with Crippen LogP contribution < -0.4 is 14.8 Å². The summed E-state index contributed by atoms with van der Waals surface area (Å²) in [7, 11) is 1.19. The topological polar surface area (TPSA) is 33.7 Å². The van der Waals surface area contributed by atoms with E-state index in [1.54, 1.807) is 4.90 Å². The maximum absolute atomic E-state index is 13.0. The third kappa shape index (κ3) is 6.73. The average Bonchev–Trinajstić information content (AvgIpc) is 2.51. The largest absolute Gasteiger partial charge is 0.573 e. The molecule has 4 nitrogen and oxygen atoms in total. The van der Waals surface area contributed by atoms with Crippen molar-refractivity contribution in [1.82, 2.24) is 10.2 Å². The zero-order chi connectivity index (χ0) is 18.7. The Kier molecular flexibility index (Phi) is 7.85. The molecule has 0 unspecified atom stereocenters. The molecule has 0 bridgehead atoms. The first kappa shape index (κ1) is 22.7. The van der Waals surface area contributed by atoms with Gasteiger partial charge in [0.25, 0.3) is 0 Å². The molecule has 0 aliphatic carbocycles. The summed E-state index contributed by atoms with van der Waals surface area (Å²) >= 11 is 0. The number of nitrogens with zero attached hydrogens (tertiary/aromatic N) is 1. The Labute approximate surface area is 152 Å². The van der Waals surface area contributed by atoms with Gasteiger partial charge in [-0.15, -0.1) is 25.6 Å². The minimum Gasteiger partial charge on any atom is -0.496 e. The van der Waals surface area contributed by atoms with Crippen molar-refractivity contribution in [3.05, 3.63) is 23.8 Å². The van der Waals surface area contributed by atoms with E-state index in [9.17, 15) is 26.3 Å². The number of hydrogen-bond acceptors (Lipinski definition) is 4. The van der Waals surface area contributed by atoms with E-state index in [4.69, 9.17) is 4.74 Å². The number of benzene rings is 1. The normalized spacial score (nSPS) is 17.3. The molecule has 1 heterocycles. The van der Waals surface area contributed by atoms with Gasteiger partial charge in [0.05, 0.1) is 13.5 Å². The van der Waals surface area contributed by atoms with Gasteiger partial charge in [-0.3, -0.25) is 4.90 Å². The minimum atomic E-state index is -4.89. The van der Waals surface area contributed by atoms with Gasteiger partial charge in [-0.05, 0) is 6.07 Å². The van der Waals surface area contributed by atoms with E-state index in [2.05, 4.69) is 10.1 Å². The van der Waals surface area contributed by atoms with E-state index in [1.165, 1.54) is 13.2 Å². The van der Waals surface area contributed by atoms with Gasteiger partial charge in [-0.25, -0.2) is 0 Å². The van der Waals surface area contributed by atoms with Crippen LogP contribution in [-0.4, -0.2) is 50.7 Å². The van der Waals surface area contributed by atoms with Crippen molar-refractivity contribution in [3.63, 3.8) is 0 Å². The summed E-state index contributed by atoms with van der Waals surface area (Å²) in [6.07, 6.45) is -10.4.